The monoisotopic (exact) mass is 353 g/mol. The largest absolute Gasteiger partial charge is 0.481 e. The van der Waals surface area contributed by atoms with Crippen molar-refractivity contribution in [2.75, 3.05) is 47.4 Å². The third-order valence-corrected chi connectivity index (χ3v) is 4.90. The molecule has 0 bridgehead atoms. The molecule has 2 fully saturated rings. The van der Waals surface area contributed by atoms with E-state index in [0.29, 0.717) is 37.9 Å². The van der Waals surface area contributed by atoms with Gasteiger partial charge in [-0.15, -0.1) is 0 Å². The minimum atomic E-state index is -0.940. The lowest BCUT2D eigenvalue weighted by Gasteiger charge is -2.26. The Kier molecular flexibility index (Phi) is 4.65. The van der Waals surface area contributed by atoms with Gasteiger partial charge in [-0.3, -0.25) is 9.69 Å². The van der Waals surface area contributed by atoms with E-state index in [1.165, 1.54) is 4.90 Å². The molecule has 0 saturated carbocycles. The van der Waals surface area contributed by atoms with Gasteiger partial charge in [0.05, 0.1) is 6.54 Å². The van der Waals surface area contributed by atoms with Gasteiger partial charge >= 0.3 is 12.0 Å². The molecular weight excluding hydrogens is 330 g/mol. The first-order chi connectivity index (χ1) is 11.9. The number of hydrogen-bond donors (Lipinski definition) is 1. The minimum Gasteiger partial charge on any atom is -0.481 e. The fourth-order valence-electron chi connectivity index (χ4n) is 3.76. The van der Waals surface area contributed by atoms with Gasteiger partial charge < -0.3 is 24.2 Å². The van der Waals surface area contributed by atoms with Crippen molar-refractivity contribution in [3.63, 3.8) is 0 Å². The van der Waals surface area contributed by atoms with Crippen LogP contribution in [0.4, 0.5) is 4.79 Å². The van der Waals surface area contributed by atoms with Gasteiger partial charge in [-0.25, -0.2) is 4.79 Å². The zero-order chi connectivity index (χ0) is 18.2. The van der Waals surface area contributed by atoms with Gasteiger partial charge in [0.15, 0.2) is 5.82 Å². The van der Waals surface area contributed by atoms with Crippen molar-refractivity contribution in [2.45, 2.75) is 13.2 Å². The number of rotatable bonds is 5. The van der Waals surface area contributed by atoms with E-state index in [4.69, 9.17) is 9.26 Å². The van der Waals surface area contributed by atoms with Crippen LogP contribution >= 0.6 is 0 Å². The molecule has 0 radical (unpaired) electrons. The molecule has 1 aromatic rings. The zero-order valence-electron chi connectivity index (χ0n) is 14.6. The van der Waals surface area contributed by atoms with E-state index in [2.05, 4.69) is 10.1 Å². The number of carbonyl (C=O) groups excluding carboxylic acids is 1. The highest BCUT2D eigenvalue weighted by Crippen LogP contribution is 2.43. The number of urea groups is 1. The summed E-state index contributed by atoms with van der Waals surface area (Å²) in [5.74, 6) is -0.0668. The molecule has 1 aromatic heterocycles. The van der Waals surface area contributed by atoms with Crippen molar-refractivity contribution >= 4 is 12.0 Å². The maximum absolute atomic E-state index is 12.2. The Labute approximate surface area is 145 Å². The SMILES string of the molecule is COCc1nc(CN2C[C@H]3CN(C(=O)N(C)C)C[C@@]3(C(=O)O)C2)no1. The average Bonchev–Trinajstić information content (AvgIpc) is 3.20. The van der Waals surface area contributed by atoms with Crippen molar-refractivity contribution in [3.05, 3.63) is 11.7 Å². The fourth-order valence-corrected chi connectivity index (χ4v) is 3.76. The van der Waals surface area contributed by atoms with Crippen molar-refractivity contribution in [3.8, 4) is 0 Å². The summed E-state index contributed by atoms with van der Waals surface area (Å²) in [6, 6.07) is -0.149. The smallest absolute Gasteiger partial charge is 0.319 e. The topological polar surface area (TPSA) is 112 Å². The molecule has 3 rings (SSSR count). The van der Waals surface area contributed by atoms with Crippen molar-refractivity contribution in [1.82, 2.24) is 24.8 Å². The van der Waals surface area contributed by atoms with E-state index < -0.39 is 11.4 Å². The summed E-state index contributed by atoms with van der Waals surface area (Å²) in [5, 5.41) is 13.7. The number of nitrogens with zero attached hydrogens (tertiary/aromatic N) is 5. The lowest BCUT2D eigenvalue weighted by Crippen LogP contribution is -2.44. The molecule has 2 atom stereocenters. The summed E-state index contributed by atoms with van der Waals surface area (Å²) in [6.07, 6.45) is 0. The molecule has 3 heterocycles. The molecule has 10 heteroatoms. The quantitative estimate of drug-likeness (QED) is 0.769. The van der Waals surface area contributed by atoms with Gasteiger partial charge in [0.1, 0.15) is 12.0 Å². The molecule has 0 aromatic carbocycles. The van der Waals surface area contributed by atoms with Gasteiger partial charge in [-0.05, 0) is 0 Å². The van der Waals surface area contributed by atoms with Crippen LogP contribution in [0.15, 0.2) is 4.52 Å². The number of hydrogen-bond acceptors (Lipinski definition) is 7. The van der Waals surface area contributed by atoms with Crippen molar-refractivity contribution in [1.29, 1.82) is 0 Å². The summed E-state index contributed by atoms with van der Waals surface area (Å²) < 4.78 is 10.0. The third kappa shape index (κ3) is 3.19. The average molecular weight is 353 g/mol. The summed E-state index contributed by atoms with van der Waals surface area (Å²) in [6.45, 7) is 2.27. The number of fused-ring (bicyclic) bond motifs is 1. The van der Waals surface area contributed by atoms with Crippen LogP contribution in [0.5, 0.6) is 0 Å². The molecule has 1 N–H and O–H groups in total. The number of aromatic nitrogens is 2. The predicted molar refractivity (Wildman–Crippen MR) is 84.5 cm³/mol. The van der Waals surface area contributed by atoms with Crippen LogP contribution in [-0.4, -0.2) is 89.3 Å². The van der Waals surface area contributed by atoms with E-state index in [0.717, 1.165) is 0 Å². The van der Waals surface area contributed by atoms with Gasteiger partial charge in [0, 0.05) is 53.3 Å². The first-order valence-corrected chi connectivity index (χ1v) is 8.08. The fraction of sp³-hybridized carbons (Fsp3) is 0.733. The van der Waals surface area contributed by atoms with Crippen LogP contribution in [0.2, 0.25) is 0 Å². The van der Waals surface area contributed by atoms with E-state index >= 15 is 0 Å². The van der Waals surface area contributed by atoms with Gasteiger partial charge in [-0.2, -0.15) is 4.98 Å². The van der Waals surface area contributed by atoms with Crippen LogP contribution in [0.1, 0.15) is 11.7 Å². The minimum absolute atomic E-state index is 0.112. The Morgan fingerprint density at radius 2 is 2.16 bits per heavy atom. The van der Waals surface area contributed by atoms with Gasteiger partial charge in [0.25, 0.3) is 5.89 Å². The Hall–Kier alpha value is -2.20. The molecule has 2 aliphatic heterocycles. The summed E-state index contributed by atoms with van der Waals surface area (Å²) in [7, 11) is 4.89. The number of carboxylic acid groups (broad SMARTS) is 1. The molecule has 138 valence electrons. The number of carboxylic acids is 1. The third-order valence-electron chi connectivity index (χ3n) is 4.90. The highest BCUT2D eigenvalue weighted by atomic mass is 16.5. The van der Waals surface area contributed by atoms with Crippen molar-refractivity contribution < 1.29 is 24.0 Å². The second kappa shape index (κ2) is 6.60. The second-order valence-corrected chi connectivity index (χ2v) is 6.92. The maximum atomic E-state index is 12.2. The molecule has 10 nitrogen and oxygen atoms in total. The van der Waals surface area contributed by atoms with E-state index in [9.17, 15) is 14.7 Å². The number of aliphatic carboxylic acids is 1. The number of likely N-dealkylation sites (tertiary alicyclic amines) is 2. The molecule has 0 aliphatic carbocycles. The highest BCUT2D eigenvalue weighted by molar-refractivity contribution is 5.80. The normalized spacial score (nSPS) is 26.0. The van der Waals surface area contributed by atoms with Crippen LogP contribution in [0.25, 0.3) is 0 Å². The van der Waals surface area contributed by atoms with Crippen LogP contribution in [0.3, 0.4) is 0 Å². The predicted octanol–water partition coefficient (Wildman–Crippen LogP) is -0.284. The Morgan fingerprint density at radius 1 is 1.40 bits per heavy atom. The van der Waals surface area contributed by atoms with Gasteiger partial charge in [-0.1, -0.05) is 5.16 Å². The highest BCUT2D eigenvalue weighted by Gasteiger charge is 2.58. The van der Waals surface area contributed by atoms with E-state index in [1.807, 2.05) is 4.90 Å². The molecule has 0 spiro atoms. The van der Waals surface area contributed by atoms with Crippen LogP contribution in [-0.2, 0) is 22.7 Å². The molecule has 2 aliphatic rings. The number of ether oxygens (including phenoxy) is 1. The summed E-state index contributed by atoms with van der Waals surface area (Å²) >= 11 is 0. The second-order valence-electron chi connectivity index (χ2n) is 6.92. The van der Waals surface area contributed by atoms with Gasteiger partial charge in [0.2, 0.25) is 0 Å². The lowest BCUT2D eigenvalue weighted by atomic mass is 9.81. The Bertz CT molecular complexity index is 662. The number of carbonyl (C=O) groups is 2. The van der Waals surface area contributed by atoms with Crippen LogP contribution in [0, 0.1) is 11.3 Å². The summed E-state index contributed by atoms with van der Waals surface area (Å²) in [5.41, 5.74) is -0.940. The summed E-state index contributed by atoms with van der Waals surface area (Å²) in [4.78, 5) is 33.5. The molecule has 2 saturated heterocycles. The zero-order valence-corrected chi connectivity index (χ0v) is 14.6. The standard InChI is InChI=1S/C15H23N5O5/c1-18(2)14(23)20-5-10-4-19(8-15(10,9-20)13(21)22)6-11-16-12(7-24-3)25-17-11/h10H,4-9H2,1-3H3,(H,21,22)/t10-,15-/m0/s1. The number of amides is 2. The lowest BCUT2D eigenvalue weighted by molar-refractivity contribution is -0.148. The number of methoxy groups -OCH3 is 1. The first kappa shape index (κ1) is 17.6. The van der Waals surface area contributed by atoms with E-state index in [1.54, 1.807) is 26.1 Å². The molecular formula is C15H23N5O5. The van der Waals surface area contributed by atoms with Crippen molar-refractivity contribution in [2.24, 2.45) is 11.3 Å². The van der Waals surface area contributed by atoms with E-state index in [-0.39, 0.29) is 25.1 Å². The maximum Gasteiger partial charge on any atom is 0.319 e. The molecule has 0 unspecified atom stereocenters. The molecule has 2 amide bonds. The van der Waals surface area contributed by atoms with Crippen LogP contribution < -0.4 is 0 Å². The first-order valence-electron chi connectivity index (χ1n) is 8.08. The molecule has 25 heavy (non-hydrogen) atoms. The Balaban J connectivity index is 1.69. The Morgan fingerprint density at radius 3 is 2.76 bits per heavy atom.